The van der Waals surface area contributed by atoms with Crippen LogP contribution < -0.4 is 16.0 Å². The Kier molecular flexibility index (Phi) is 12.0. The van der Waals surface area contributed by atoms with Gasteiger partial charge in [-0.15, -0.1) is 0 Å². The van der Waals surface area contributed by atoms with Crippen molar-refractivity contribution < 1.29 is 35.4 Å². The van der Waals surface area contributed by atoms with E-state index in [0.29, 0.717) is 13.0 Å². The molecule has 0 aromatic heterocycles. The van der Waals surface area contributed by atoms with E-state index in [-0.39, 0.29) is 6.54 Å². The third kappa shape index (κ3) is 8.27. The molecule has 1 aromatic rings. The van der Waals surface area contributed by atoms with Crippen LogP contribution in [0.5, 0.6) is 0 Å². The summed E-state index contributed by atoms with van der Waals surface area (Å²) in [7, 11) is 0. The standard InChI is InChI=1S/C27H45N5O7/c1-5-6-7-8-9-10-15-31-27(39,21(34)20(33)25(3,4)37)26(38,23(35)36)22-29-17-30-24(32-22)28-16-19-13-11-18(2)12-14-19/h11-14,17,20-21,24,28,31,33-34,37-39H,5-10,15-16H2,1-4H3,(H,35,36)(H,29,30,32). The SMILES string of the molecule is CCCCCCCCNC(O)(C(O)C(O)C(C)(C)O)C(O)(C(=O)O)C1=NC(NCc2ccc(C)cc2)N=CN1. The molecule has 0 amide bonds. The van der Waals surface area contributed by atoms with Gasteiger partial charge in [-0.2, -0.15) is 0 Å². The van der Waals surface area contributed by atoms with Gasteiger partial charge in [0, 0.05) is 6.54 Å². The summed E-state index contributed by atoms with van der Waals surface area (Å²) in [6.45, 7) is 6.75. The number of carboxylic acids is 1. The summed E-state index contributed by atoms with van der Waals surface area (Å²) in [5.74, 6) is -2.56. The molecule has 5 atom stereocenters. The lowest BCUT2D eigenvalue weighted by Gasteiger charge is -2.47. The van der Waals surface area contributed by atoms with Crippen LogP contribution in [-0.2, 0) is 11.3 Å². The minimum atomic E-state index is -3.28. The molecular weight excluding hydrogens is 506 g/mol. The van der Waals surface area contributed by atoms with Crippen LogP contribution in [-0.4, -0.2) is 90.8 Å². The van der Waals surface area contributed by atoms with Gasteiger partial charge in [-0.25, -0.2) is 14.8 Å². The number of nitrogens with zero attached hydrogens (tertiary/aromatic N) is 2. The van der Waals surface area contributed by atoms with E-state index in [1.807, 2.05) is 31.2 Å². The van der Waals surface area contributed by atoms with E-state index in [0.717, 1.165) is 49.6 Å². The topological polar surface area (TPSA) is 199 Å². The lowest BCUT2D eigenvalue weighted by molar-refractivity contribution is -0.240. The Balaban J connectivity index is 2.34. The first-order chi connectivity index (χ1) is 18.3. The molecule has 0 radical (unpaired) electrons. The molecule has 0 saturated carbocycles. The van der Waals surface area contributed by atoms with Crippen LogP contribution in [0.25, 0.3) is 0 Å². The number of benzene rings is 1. The molecule has 12 heteroatoms. The molecule has 1 heterocycles. The van der Waals surface area contributed by atoms with Gasteiger partial charge in [-0.05, 0) is 39.3 Å². The van der Waals surface area contributed by atoms with Crippen molar-refractivity contribution in [3.8, 4) is 0 Å². The van der Waals surface area contributed by atoms with Gasteiger partial charge in [-0.1, -0.05) is 68.9 Å². The van der Waals surface area contributed by atoms with E-state index in [1.165, 1.54) is 13.8 Å². The van der Waals surface area contributed by atoms with E-state index in [1.54, 1.807) is 0 Å². The van der Waals surface area contributed by atoms with Crippen molar-refractivity contribution in [1.82, 2.24) is 16.0 Å². The van der Waals surface area contributed by atoms with Crippen molar-refractivity contribution in [2.45, 2.75) is 108 Å². The Bertz CT molecular complexity index is 982. The van der Waals surface area contributed by atoms with Gasteiger partial charge in [0.2, 0.25) is 0 Å². The number of aliphatic imine (C=N–C) groups is 2. The van der Waals surface area contributed by atoms with Crippen molar-refractivity contribution in [2.24, 2.45) is 9.98 Å². The highest BCUT2D eigenvalue weighted by Gasteiger charge is 2.65. The second kappa shape index (κ2) is 14.3. The van der Waals surface area contributed by atoms with Crippen LogP contribution in [0.4, 0.5) is 0 Å². The van der Waals surface area contributed by atoms with Gasteiger partial charge in [0.05, 0.1) is 11.9 Å². The first kappa shape index (κ1) is 32.8. The van der Waals surface area contributed by atoms with E-state index < -0.39 is 47.2 Å². The van der Waals surface area contributed by atoms with Crippen LogP contribution in [0.2, 0.25) is 0 Å². The number of carboxylic acid groups (broad SMARTS) is 1. The van der Waals surface area contributed by atoms with Crippen molar-refractivity contribution in [3.05, 3.63) is 35.4 Å². The zero-order valence-electron chi connectivity index (χ0n) is 23.3. The normalized spacial score (nSPS) is 20.3. The number of carbonyl (C=O) groups is 1. The number of aryl methyl sites for hydroxylation is 1. The zero-order valence-corrected chi connectivity index (χ0v) is 23.3. The van der Waals surface area contributed by atoms with Gasteiger partial charge in [0.1, 0.15) is 12.2 Å². The van der Waals surface area contributed by atoms with Crippen LogP contribution in [0.15, 0.2) is 34.3 Å². The third-order valence-corrected chi connectivity index (χ3v) is 6.86. The van der Waals surface area contributed by atoms with E-state index in [9.17, 15) is 35.4 Å². The molecule has 0 aliphatic carbocycles. The lowest BCUT2D eigenvalue weighted by atomic mass is 9.78. The Morgan fingerprint density at radius 1 is 1.03 bits per heavy atom. The molecule has 0 fully saturated rings. The molecule has 9 N–H and O–H groups in total. The number of aliphatic hydroxyl groups is 5. The molecule has 5 unspecified atom stereocenters. The maximum atomic E-state index is 12.6. The van der Waals surface area contributed by atoms with Gasteiger partial charge < -0.3 is 36.0 Å². The zero-order chi connectivity index (χ0) is 29.3. The van der Waals surface area contributed by atoms with Gasteiger partial charge >= 0.3 is 5.97 Å². The molecule has 0 spiro atoms. The van der Waals surface area contributed by atoms with Crippen molar-refractivity contribution >= 4 is 18.1 Å². The van der Waals surface area contributed by atoms with Crippen molar-refractivity contribution in [2.75, 3.05) is 6.54 Å². The van der Waals surface area contributed by atoms with Crippen LogP contribution in [0.1, 0.15) is 70.4 Å². The second-order valence-corrected chi connectivity index (χ2v) is 10.7. The molecule has 220 valence electrons. The van der Waals surface area contributed by atoms with E-state index in [2.05, 4.69) is 32.9 Å². The molecular formula is C27H45N5O7. The quantitative estimate of drug-likeness (QED) is 0.0961. The number of amidine groups is 1. The monoisotopic (exact) mass is 551 g/mol. The minimum absolute atomic E-state index is 0.00429. The van der Waals surface area contributed by atoms with Gasteiger partial charge in [0.25, 0.3) is 5.60 Å². The first-order valence-corrected chi connectivity index (χ1v) is 13.4. The summed E-state index contributed by atoms with van der Waals surface area (Å²) in [4.78, 5) is 20.8. The summed E-state index contributed by atoms with van der Waals surface area (Å²) in [6, 6.07) is 7.69. The number of nitrogens with one attached hydrogen (secondary N) is 3. The largest absolute Gasteiger partial charge is 0.479 e. The van der Waals surface area contributed by atoms with E-state index >= 15 is 0 Å². The summed E-state index contributed by atoms with van der Waals surface area (Å²) in [5, 5.41) is 73.4. The molecule has 1 aromatic carbocycles. The Morgan fingerprint density at radius 2 is 1.64 bits per heavy atom. The fourth-order valence-electron chi connectivity index (χ4n) is 4.26. The second-order valence-electron chi connectivity index (χ2n) is 10.7. The summed E-state index contributed by atoms with van der Waals surface area (Å²) >= 11 is 0. The molecule has 1 aliphatic rings. The predicted octanol–water partition coefficient (Wildman–Crippen LogP) is 0.345. The van der Waals surface area contributed by atoms with Gasteiger partial charge in [-0.3, -0.25) is 10.6 Å². The van der Waals surface area contributed by atoms with Crippen LogP contribution in [0.3, 0.4) is 0 Å². The molecule has 12 nitrogen and oxygen atoms in total. The highest BCUT2D eigenvalue weighted by molar-refractivity contribution is 6.13. The average molecular weight is 552 g/mol. The smallest absolute Gasteiger partial charge is 0.348 e. The lowest BCUT2D eigenvalue weighted by Crippen LogP contribution is -2.79. The maximum Gasteiger partial charge on any atom is 0.348 e. The summed E-state index contributed by atoms with van der Waals surface area (Å²) in [5.41, 5.74) is -6.29. The Hall–Kier alpha value is -2.45. The highest BCUT2D eigenvalue weighted by Crippen LogP contribution is 2.31. The first-order valence-electron chi connectivity index (χ1n) is 13.4. The number of aliphatic hydroxyl groups excluding tert-OH is 2. The van der Waals surface area contributed by atoms with Crippen molar-refractivity contribution in [3.63, 3.8) is 0 Å². The summed E-state index contributed by atoms with van der Waals surface area (Å²) < 4.78 is 0. The minimum Gasteiger partial charge on any atom is -0.479 e. The van der Waals surface area contributed by atoms with Crippen LogP contribution in [0, 0.1) is 6.92 Å². The molecule has 1 aliphatic heterocycles. The maximum absolute atomic E-state index is 12.6. The molecule has 2 rings (SSSR count). The third-order valence-electron chi connectivity index (χ3n) is 6.86. The summed E-state index contributed by atoms with van der Waals surface area (Å²) in [6.07, 6.45) is 1.07. The van der Waals surface area contributed by atoms with Crippen molar-refractivity contribution in [1.29, 1.82) is 0 Å². The Morgan fingerprint density at radius 3 is 2.23 bits per heavy atom. The number of rotatable bonds is 17. The molecule has 0 bridgehead atoms. The Labute approximate surface area is 229 Å². The van der Waals surface area contributed by atoms with E-state index in [4.69, 9.17) is 0 Å². The fraction of sp³-hybridized carbons (Fsp3) is 0.667. The molecule has 0 saturated heterocycles. The highest BCUT2D eigenvalue weighted by atomic mass is 16.5. The van der Waals surface area contributed by atoms with Gasteiger partial charge in [0.15, 0.2) is 17.9 Å². The number of aliphatic carboxylic acids is 1. The number of unbranched alkanes of at least 4 members (excludes halogenated alkanes) is 5. The fourth-order valence-corrected chi connectivity index (χ4v) is 4.26. The average Bonchev–Trinajstić information content (AvgIpc) is 2.90. The predicted molar refractivity (Wildman–Crippen MR) is 148 cm³/mol. The molecule has 39 heavy (non-hydrogen) atoms. The number of hydrogen-bond acceptors (Lipinski definition) is 11. The van der Waals surface area contributed by atoms with Crippen LogP contribution >= 0.6 is 0 Å². The number of hydrogen-bond donors (Lipinski definition) is 9.